The van der Waals surface area contributed by atoms with E-state index in [1.807, 2.05) is 25.1 Å². The number of fused-ring (bicyclic) bond motifs is 1. The van der Waals surface area contributed by atoms with Crippen LogP contribution in [0.1, 0.15) is 5.56 Å². The highest BCUT2D eigenvalue weighted by atomic mass is 32.2. The third kappa shape index (κ3) is 4.68. The highest BCUT2D eigenvalue weighted by Gasteiger charge is 2.19. The van der Waals surface area contributed by atoms with Crippen LogP contribution in [0.2, 0.25) is 0 Å². The maximum Gasteiger partial charge on any atom is 0.332 e. The van der Waals surface area contributed by atoms with Crippen LogP contribution >= 0.6 is 11.8 Å². The minimum absolute atomic E-state index is 0.0495. The second kappa shape index (κ2) is 9.50. The number of amides is 1. The Morgan fingerprint density at radius 1 is 1.06 bits per heavy atom. The number of hydrogen-bond donors (Lipinski definition) is 1. The summed E-state index contributed by atoms with van der Waals surface area (Å²) in [6.45, 7) is 1.88. The number of para-hydroxylation sites is 1. The standard InChI is InChI=1S/C23H20N6O5S/c1-13-6-4-5-7-16(13)24-17(30)12-35-21-18-20(27(2)23(32)28(3)22(18)31)25-19(26-21)14-8-10-15(11-9-14)29(33)34/h4-11H,12H2,1-3H3,(H,24,30). The lowest BCUT2D eigenvalue weighted by molar-refractivity contribution is -0.384. The summed E-state index contributed by atoms with van der Waals surface area (Å²) in [4.78, 5) is 57.4. The molecule has 2 aromatic carbocycles. The van der Waals surface area contributed by atoms with Crippen LogP contribution in [0, 0.1) is 17.0 Å². The summed E-state index contributed by atoms with van der Waals surface area (Å²) in [7, 11) is 2.84. The zero-order valence-electron chi connectivity index (χ0n) is 19.0. The molecule has 1 N–H and O–H groups in total. The number of carbonyl (C=O) groups excluding carboxylic acids is 1. The number of carbonyl (C=O) groups is 1. The molecule has 0 fully saturated rings. The van der Waals surface area contributed by atoms with Gasteiger partial charge in [-0.1, -0.05) is 30.0 Å². The highest BCUT2D eigenvalue weighted by Crippen LogP contribution is 2.27. The second-order valence-electron chi connectivity index (χ2n) is 7.71. The van der Waals surface area contributed by atoms with E-state index < -0.39 is 16.2 Å². The molecular formula is C23H20N6O5S. The minimum Gasteiger partial charge on any atom is -0.325 e. The average Bonchev–Trinajstić information content (AvgIpc) is 2.85. The van der Waals surface area contributed by atoms with Crippen LogP contribution in [0.5, 0.6) is 0 Å². The molecule has 4 aromatic rings. The van der Waals surface area contributed by atoms with Crippen molar-refractivity contribution in [2.45, 2.75) is 11.9 Å². The van der Waals surface area contributed by atoms with E-state index in [0.29, 0.717) is 11.3 Å². The van der Waals surface area contributed by atoms with Crippen molar-refractivity contribution in [3.05, 3.63) is 85.0 Å². The van der Waals surface area contributed by atoms with Gasteiger partial charge in [0.25, 0.3) is 11.2 Å². The predicted octanol–water partition coefficient (Wildman–Crippen LogP) is 2.64. The Balaban J connectivity index is 1.77. The average molecular weight is 493 g/mol. The molecule has 2 heterocycles. The number of nitrogens with zero attached hydrogens (tertiary/aromatic N) is 5. The van der Waals surface area contributed by atoms with Crippen LogP contribution in [0.4, 0.5) is 11.4 Å². The molecule has 0 unspecified atom stereocenters. The Kier molecular flexibility index (Phi) is 6.47. The van der Waals surface area contributed by atoms with Crippen molar-refractivity contribution in [1.29, 1.82) is 0 Å². The maximum atomic E-state index is 13.0. The molecule has 35 heavy (non-hydrogen) atoms. The van der Waals surface area contributed by atoms with Crippen molar-refractivity contribution in [3.8, 4) is 11.4 Å². The van der Waals surface area contributed by atoms with E-state index in [1.54, 1.807) is 6.07 Å². The summed E-state index contributed by atoms with van der Waals surface area (Å²) in [5, 5.41) is 14.1. The lowest BCUT2D eigenvalue weighted by Gasteiger charge is -2.12. The maximum absolute atomic E-state index is 13.0. The van der Waals surface area contributed by atoms with E-state index in [2.05, 4.69) is 15.3 Å². The number of nitrogens with one attached hydrogen (secondary N) is 1. The monoisotopic (exact) mass is 492 g/mol. The number of anilines is 1. The van der Waals surface area contributed by atoms with Crippen molar-refractivity contribution in [3.63, 3.8) is 0 Å². The van der Waals surface area contributed by atoms with Crippen LogP contribution < -0.4 is 16.6 Å². The van der Waals surface area contributed by atoms with E-state index in [4.69, 9.17) is 0 Å². The molecule has 0 aliphatic rings. The highest BCUT2D eigenvalue weighted by molar-refractivity contribution is 8.00. The van der Waals surface area contributed by atoms with Crippen molar-refractivity contribution >= 4 is 40.1 Å². The van der Waals surface area contributed by atoms with Gasteiger partial charge in [0.1, 0.15) is 10.4 Å². The molecule has 11 nitrogen and oxygen atoms in total. The molecule has 4 rings (SSSR count). The molecule has 0 aliphatic carbocycles. The second-order valence-corrected chi connectivity index (χ2v) is 8.68. The van der Waals surface area contributed by atoms with Crippen molar-refractivity contribution in [2.75, 3.05) is 11.1 Å². The van der Waals surface area contributed by atoms with Gasteiger partial charge in [0.15, 0.2) is 11.5 Å². The SMILES string of the molecule is Cc1ccccc1NC(=O)CSc1nc(-c2ccc([N+](=O)[O-])cc2)nc2c1c(=O)n(C)c(=O)n2C. The van der Waals surface area contributed by atoms with Crippen molar-refractivity contribution in [2.24, 2.45) is 14.1 Å². The van der Waals surface area contributed by atoms with Gasteiger partial charge in [-0.05, 0) is 30.7 Å². The number of thioether (sulfide) groups is 1. The van der Waals surface area contributed by atoms with Gasteiger partial charge in [-0.3, -0.25) is 28.8 Å². The molecule has 12 heteroatoms. The summed E-state index contributed by atoms with van der Waals surface area (Å²) in [6.07, 6.45) is 0. The van der Waals surface area contributed by atoms with E-state index >= 15 is 0 Å². The molecule has 0 saturated heterocycles. The third-order valence-electron chi connectivity index (χ3n) is 5.36. The first kappa shape index (κ1) is 23.8. The largest absolute Gasteiger partial charge is 0.332 e. The molecule has 1 amide bonds. The van der Waals surface area contributed by atoms with E-state index in [-0.39, 0.29) is 39.2 Å². The van der Waals surface area contributed by atoms with Crippen LogP contribution in [0.3, 0.4) is 0 Å². The zero-order chi connectivity index (χ0) is 25.3. The van der Waals surface area contributed by atoms with Crippen molar-refractivity contribution in [1.82, 2.24) is 19.1 Å². The Morgan fingerprint density at radius 3 is 2.40 bits per heavy atom. The Labute approximate surface area is 202 Å². The zero-order valence-corrected chi connectivity index (χ0v) is 19.8. The Bertz CT molecular complexity index is 1590. The Hall–Kier alpha value is -4.32. The number of benzene rings is 2. The number of nitro groups is 1. The fourth-order valence-corrected chi connectivity index (χ4v) is 4.24. The summed E-state index contributed by atoms with van der Waals surface area (Å²) in [5.74, 6) is -0.182. The van der Waals surface area contributed by atoms with Gasteiger partial charge in [-0.25, -0.2) is 14.8 Å². The van der Waals surface area contributed by atoms with Gasteiger partial charge in [0.2, 0.25) is 5.91 Å². The van der Waals surface area contributed by atoms with E-state index in [1.165, 1.54) is 42.9 Å². The normalized spacial score (nSPS) is 10.9. The Morgan fingerprint density at radius 2 is 1.74 bits per heavy atom. The molecule has 0 spiro atoms. The minimum atomic E-state index is -0.583. The number of non-ortho nitro benzene ring substituents is 1. The van der Waals surface area contributed by atoms with Gasteiger partial charge >= 0.3 is 5.69 Å². The number of rotatable bonds is 6. The summed E-state index contributed by atoms with van der Waals surface area (Å²) in [5.41, 5.74) is 0.890. The lowest BCUT2D eigenvalue weighted by atomic mass is 10.2. The van der Waals surface area contributed by atoms with Gasteiger partial charge < -0.3 is 5.32 Å². The van der Waals surface area contributed by atoms with Crippen LogP contribution in [-0.4, -0.2) is 35.7 Å². The predicted molar refractivity (Wildman–Crippen MR) is 133 cm³/mol. The third-order valence-corrected chi connectivity index (χ3v) is 6.34. The lowest BCUT2D eigenvalue weighted by Crippen LogP contribution is -2.37. The first-order chi connectivity index (χ1) is 16.7. The molecular weight excluding hydrogens is 472 g/mol. The molecule has 2 aromatic heterocycles. The summed E-state index contributed by atoms with van der Waals surface area (Å²) < 4.78 is 2.18. The number of aryl methyl sites for hydroxylation is 2. The fourth-order valence-electron chi connectivity index (χ4n) is 3.43. The van der Waals surface area contributed by atoms with Crippen LogP contribution in [0.25, 0.3) is 22.4 Å². The van der Waals surface area contributed by atoms with Crippen LogP contribution in [-0.2, 0) is 18.9 Å². The molecule has 178 valence electrons. The number of aromatic nitrogens is 4. The van der Waals surface area contributed by atoms with Gasteiger partial charge in [-0.2, -0.15) is 0 Å². The topological polar surface area (TPSA) is 142 Å². The van der Waals surface area contributed by atoms with E-state index in [0.717, 1.165) is 21.9 Å². The molecule has 0 atom stereocenters. The van der Waals surface area contributed by atoms with Gasteiger partial charge in [0.05, 0.1) is 10.7 Å². The molecule has 0 saturated carbocycles. The summed E-state index contributed by atoms with van der Waals surface area (Å²) >= 11 is 1.04. The first-order valence-corrected chi connectivity index (χ1v) is 11.4. The van der Waals surface area contributed by atoms with Gasteiger partial charge in [0, 0.05) is 37.5 Å². The molecule has 0 bridgehead atoms. The first-order valence-electron chi connectivity index (χ1n) is 10.4. The molecule has 0 radical (unpaired) electrons. The van der Waals surface area contributed by atoms with E-state index in [9.17, 15) is 24.5 Å². The summed E-state index contributed by atoms with van der Waals surface area (Å²) in [6, 6.07) is 12.9. The quantitative estimate of drug-likeness (QED) is 0.187. The van der Waals surface area contributed by atoms with Crippen LogP contribution in [0.15, 0.2) is 63.1 Å². The smallest absolute Gasteiger partial charge is 0.325 e. The van der Waals surface area contributed by atoms with Gasteiger partial charge in [-0.15, -0.1) is 0 Å². The van der Waals surface area contributed by atoms with Crippen molar-refractivity contribution < 1.29 is 9.72 Å². The number of hydrogen-bond acceptors (Lipinski definition) is 8. The fraction of sp³-hybridized carbons (Fsp3) is 0.174. The molecule has 0 aliphatic heterocycles. The number of nitro benzene ring substituents is 1.